The van der Waals surface area contributed by atoms with E-state index in [9.17, 15) is 9.59 Å². The molecule has 1 aromatic heterocycles. The Balaban J connectivity index is 1.78. The summed E-state index contributed by atoms with van der Waals surface area (Å²) in [4.78, 5) is 26.6. The Kier molecular flexibility index (Phi) is 7.31. The van der Waals surface area contributed by atoms with Gasteiger partial charge in [0.1, 0.15) is 10.8 Å². The van der Waals surface area contributed by atoms with Gasteiger partial charge in [-0.05, 0) is 55.4 Å². The highest BCUT2D eigenvalue weighted by molar-refractivity contribution is 7.17. The van der Waals surface area contributed by atoms with Crippen LogP contribution in [0.5, 0.6) is 5.75 Å². The van der Waals surface area contributed by atoms with E-state index < -0.39 is 0 Å². The van der Waals surface area contributed by atoms with Crippen molar-refractivity contribution in [2.75, 3.05) is 19.0 Å². The van der Waals surface area contributed by atoms with Gasteiger partial charge in [-0.1, -0.05) is 32.8 Å². The lowest BCUT2D eigenvalue weighted by Gasteiger charge is -2.18. The van der Waals surface area contributed by atoms with E-state index in [-0.39, 0.29) is 11.8 Å². The van der Waals surface area contributed by atoms with Gasteiger partial charge < -0.3 is 15.4 Å². The molecule has 29 heavy (non-hydrogen) atoms. The van der Waals surface area contributed by atoms with Gasteiger partial charge in [0.15, 0.2) is 0 Å². The van der Waals surface area contributed by atoms with Crippen LogP contribution in [-0.2, 0) is 12.8 Å². The van der Waals surface area contributed by atoms with Crippen molar-refractivity contribution in [3.8, 4) is 5.75 Å². The molecule has 0 saturated carbocycles. The zero-order valence-electron chi connectivity index (χ0n) is 17.5. The van der Waals surface area contributed by atoms with E-state index in [0.29, 0.717) is 34.4 Å². The van der Waals surface area contributed by atoms with E-state index >= 15 is 0 Å². The van der Waals surface area contributed by atoms with E-state index in [4.69, 9.17) is 4.74 Å². The first-order chi connectivity index (χ1) is 14.0. The van der Waals surface area contributed by atoms with Gasteiger partial charge in [0.2, 0.25) is 0 Å². The highest BCUT2D eigenvalue weighted by Gasteiger charge is 2.28. The predicted octanol–water partition coefficient (Wildman–Crippen LogP) is 5.05. The Bertz CT molecular complexity index is 875. The molecule has 0 unspecified atom stereocenters. The SMILES string of the molecule is CCCCCOc1cccc(C(=O)Nc2sc3c(c2C(=O)NC)CC[C@H](C)C3)c1. The highest BCUT2D eigenvalue weighted by Crippen LogP contribution is 2.39. The molecule has 2 amide bonds. The van der Waals surface area contributed by atoms with E-state index in [1.165, 1.54) is 16.2 Å². The van der Waals surface area contributed by atoms with Gasteiger partial charge in [-0.25, -0.2) is 0 Å². The van der Waals surface area contributed by atoms with Crippen LogP contribution in [0.4, 0.5) is 5.00 Å². The molecule has 0 saturated heterocycles. The predicted molar refractivity (Wildman–Crippen MR) is 118 cm³/mol. The lowest BCUT2D eigenvalue weighted by Crippen LogP contribution is -2.22. The second kappa shape index (κ2) is 9.92. The number of carbonyl (C=O) groups excluding carboxylic acids is 2. The molecule has 0 bridgehead atoms. The Morgan fingerprint density at radius 3 is 2.83 bits per heavy atom. The smallest absolute Gasteiger partial charge is 0.256 e. The second-order valence-corrected chi connectivity index (χ2v) is 8.78. The number of thiophene rings is 1. The average molecular weight is 415 g/mol. The minimum Gasteiger partial charge on any atom is -0.494 e. The molecule has 2 N–H and O–H groups in total. The summed E-state index contributed by atoms with van der Waals surface area (Å²) >= 11 is 1.53. The number of ether oxygens (including phenoxy) is 1. The first kappa shape index (κ1) is 21.4. The van der Waals surface area contributed by atoms with Crippen LogP contribution >= 0.6 is 11.3 Å². The lowest BCUT2D eigenvalue weighted by atomic mass is 9.88. The summed E-state index contributed by atoms with van der Waals surface area (Å²) in [6.07, 6.45) is 6.18. The maximum absolute atomic E-state index is 12.9. The summed E-state index contributed by atoms with van der Waals surface area (Å²) in [6, 6.07) is 7.22. The molecule has 1 aromatic carbocycles. The first-order valence-electron chi connectivity index (χ1n) is 10.4. The lowest BCUT2D eigenvalue weighted by molar-refractivity contribution is 0.0963. The molecule has 0 radical (unpaired) electrons. The number of nitrogens with one attached hydrogen (secondary N) is 2. The van der Waals surface area contributed by atoms with Crippen LogP contribution in [0.2, 0.25) is 0 Å². The van der Waals surface area contributed by atoms with Gasteiger partial charge in [0.05, 0.1) is 12.2 Å². The normalized spacial score (nSPS) is 15.5. The van der Waals surface area contributed by atoms with E-state index in [1.807, 2.05) is 12.1 Å². The first-order valence-corrected chi connectivity index (χ1v) is 11.3. The van der Waals surface area contributed by atoms with Gasteiger partial charge in [0.25, 0.3) is 11.8 Å². The number of benzene rings is 1. The summed E-state index contributed by atoms with van der Waals surface area (Å²) in [7, 11) is 1.63. The fourth-order valence-electron chi connectivity index (χ4n) is 3.65. The van der Waals surface area contributed by atoms with E-state index in [2.05, 4.69) is 24.5 Å². The fraction of sp³-hybridized carbons (Fsp3) is 0.478. The summed E-state index contributed by atoms with van der Waals surface area (Å²) in [5, 5.41) is 6.34. The van der Waals surface area contributed by atoms with Crippen LogP contribution in [0, 0.1) is 5.92 Å². The summed E-state index contributed by atoms with van der Waals surface area (Å²) in [5.41, 5.74) is 2.25. The van der Waals surface area contributed by atoms with Gasteiger partial charge in [0, 0.05) is 17.5 Å². The summed E-state index contributed by atoms with van der Waals surface area (Å²) in [5.74, 6) is 0.935. The molecule has 0 aliphatic heterocycles. The molecule has 6 heteroatoms. The highest BCUT2D eigenvalue weighted by atomic mass is 32.1. The summed E-state index contributed by atoms with van der Waals surface area (Å²) < 4.78 is 5.77. The minimum atomic E-state index is -0.221. The third-order valence-electron chi connectivity index (χ3n) is 5.31. The second-order valence-electron chi connectivity index (χ2n) is 7.67. The monoisotopic (exact) mass is 414 g/mol. The van der Waals surface area contributed by atoms with Crippen molar-refractivity contribution in [2.45, 2.75) is 52.4 Å². The molecule has 1 aliphatic rings. The van der Waals surface area contributed by atoms with E-state index in [1.54, 1.807) is 19.2 Å². The van der Waals surface area contributed by atoms with Gasteiger partial charge in [-0.15, -0.1) is 11.3 Å². The molecule has 1 aliphatic carbocycles. The molecular formula is C23H30N2O3S. The van der Waals surface area contributed by atoms with Crippen LogP contribution in [0.25, 0.3) is 0 Å². The van der Waals surface area contributed by atoms with Crippen LogP contribution < -0.4 is 15.4 Å². The zero-order valence-corrected chi connectivity index (χ0v) is 18.3. The minimum absolute atomic E-state index is 0.139. The van der Waals surface area contributed by atoms with Crippen LogP contribution in [0.15, 0.2) is 24.3 Å². The topological polar surface area (TPSA) is 67.4 Å². The van der Waals surface area contributed by atoms with Crippen LogP contribution in [0.1, 0.15) is 70.7 Å². The third kappa shape index (κ3) is 5.18. The maximum Gasteiger partial charge on any atom is 0.256 e. The van der Waals surface area contributed by atoms with Gasteiger partial charge >= 0.3 is 0 Å². The average Bonchev–Trinajstić information content (AvgIpc) is 3.07. The van der Waals surface area contributed by atoms with Crippen molar-refractivity contribution < 1.29 is 14.3 Å². The Hall–Kier alpha value is -2.34. The third-order valence-corrected chi connectivity index (χ3v) is 6.48. The number of fused-ring (bicyclic) bond motifs is 1. The number of carbonyl (C=O) groups is 2. The van der Waals surface area contributed by atoms with Crippen molar-refractivity contribution in [3.63, 3.8) is 0 Å². The fourth-order valence-corrected chi connectivity index (χ4v) is 5.05. The van der Waals surface area contributed by atoms with Crippen LogP contribution in [-0.4, -0.2) is 25.5 Å². The molecule has 3 rings (SSSR count). The standard InChI is InChI=1S/C23H30N2O3S/c1-4-5-6-12-28-17-9-7-8-16(14-17)21(26)25-23-20(22(27)24-3)18-11-10-15(2)13-19(18)29-23/h7-9,14-15H,4-6,10-13H2,1-3H3,(H,24,27)(H,25,26)/t15-/m0/s1. The summed E-state index contributed by atoms with van der Waals surface area (Å²) in [6.45, 7) is 5.03. The Morgan fingerprint density at radius 1 is 1.24 bits per heavy atom. The van der Waals surface area contributed by atoms with Crippen molar-refractivity contribution in [1.82, 2.24) is 5.32 Å². The zero-order chi connectivity index (χ0) is 20.8. The molecule has 1 atom stereocenters. The Labute approximate surface area is 176 Å². The van der Waals surface area contributed by atoms with Crippen LogP contribution in [0.3, 0.4) is 0 Å². The largest absolute Gasteiger partial charge is 0.494 e. The number of anilines is 1. The number of hydrogen-bond donors (Lipinski definition) is 2. The molecule has 0 fully saturated rings. The number of hydrogen-bond acceptors (Lipinski definition) is 4. The molecular weight excluding hydrogens is 384 g/mol. The van der Waals surface area contributed by atoms with Crippen molar-refractivity contribution >= 4 is 28.2 Å². The molecule has 5 nitrogen and oxygen atoms in total. The molecule has 2 aromatic rings. The Morgan fingerprint density at radius 2 is 2.07 bits per heavy atom. The van der Waals surface area contributed by atoms with E-state index in [0.717, 1.165) is 44.1 Å². The molecule has 0 spiro atoms. The van der Waals surface area contributed by atoms with Gasteiger partial charge in [-0.3, -0.25) is 9.59 Å². The van der Waals surface area contributed by atoms with Gasteiger partial charge in [-0.2, -0.15) is 0 Å². The molecule has 1 heterocycles. The quantitative estimate of drug-likeness (QED) is 0.594. The van der Waals surface area contributed by atoms with Crippen molar-refractivity contribution in [1.29, 1.82) is 0 Å². The molecule has 156 valence electrons. The number of unbranched alkanes of at least 4 members (excludes halogenated alkanes) is 2. The maximum atomic E-state index is 12.9. The van der Waals surface area contributed by atoms with Crippen molar-refractivity contribution in [2.24, 2.45) is 5.92 Å². The number of amides is 2. The number of rotatable bonds is 8. The van der Waals surface area contributed by atoms with Crippen molar-refractivity contribution in [3.05, 3.63) is 45.8 Å².